The summed E-state index contributed by atoms with van der Waals surface area (Å²) in [6.45, 7) is 4.59. The van der Waals surface area contributed by atoms with Gasteiger partial charge in [0.15, 0.2) is 0 Å². The summed E-state index contributed by atoms with van der Waals surface area (Å²) in [5.74, 6) is 0. The van der Waals surface area contributed by atoms with E-state index in [0.29, 0.717) is 0 Å². The van der Waals surface area contributed by atoms with Crippen molar-refractivity contribution >= 4 is 33.4 Å². The van der Waals surface area contributed by atoms with Gasteiger partial charge in [-0.15, -0.1) is 0 Å². The third-order valence-corrected chi connectivity index (χ3v) is 6.70. The maximum Gasteiger partial charge on any atom is 0.0543 e. The molecule has 4 aromatic carbocycles. The van der Waals surface area contributed by atoms with Crippen LogP contribution in [0.25, 0.3) is 38.6 Å². The van der Waals surface area contributed by atoms with Gasteiger partial charge in [0, 0.05) is 26.8 Å². The fraction of sp³-hybridized carbons (Fsp3) is 0.111. The molecule has 5 aromatic rings. The molecule has 0 N–H and O–H groups in total. The zero-order chi connectivity index (χ0) is 19.8. The summed E-state index contributed by atoms with van der Waals surface area (Å²) in [5, 5.41) is 3.37. The fourth-order valence-corrected chi connectivity index (χ4v) is 5.28. The number of nitrogens with zero attached hydrogens (tertiary/aromatic N) is 1. The van der Waals surface area contributed by atoms with E-state index in [0.717, 1.165) is 5.02 Å². The van der Waals surface area contributed by atoms with Crippen LogP contribution < -0.4 is 0 Å². The van der Waals surface area contributed by atoms with Crippen LogP contribution in [0.1, 0.15) is 25.0 Å². The van der Waals surface area contributed by atoms with Crippen LogP contribution in [-0.4, -0.2) is 4.57 Å². The van der Waals surface area contributed by atoms with Crippen molar-refractivity contribution in [1.82, 2.24) is 4.57 Å². The molecule has 0 amide bonds. The largest absolute Gasteiger partial charge is 0.309 e. The Balaban J connectivity index is 1.79. The van der Waals surface area contributed by atoms with Gasteiger partial charge in [0.05, 0.1) is 16.7 Å². The Kier molecular flexibility index (Phi) is 3.34. The molecule has 1 aliphatic carbocycles. The maximum absolute atomic E-state index is 6.38. The van der Waals surface area contributed by atoms with Gasteiger partial charge < -0.3 is 4.57 Å². The Hall–Kier alpha value is -3.03. The molecule has 0 fully saturated rings. The van der Waals surface area contributed by atoms with E-state index in [9.17, 15) is 0 Å². The standard InChI is InChI=1S/C27H20ClN/c1-27(2)21-10-7-13-25(26(21)20-15-14-17(28)16-22(20)27)29-23-11-5-3-8-18(23)19-9-4-6-12-24(19)29/h3-16H,1-2H3. The molecule has 0 saturated heterocycles. The topological polar surface area (TPSA) is 4.93 Å². The Labute approximate surface area is 175 Å². The van der Waals surface area contributed by atoms with Crippen LogP contribution in [0.4, 0.5) is 0 Å². The van der Waals surface area contributed by atoms with Crippen molar-refractivity contribution in [3.05, 3.63) is 101 Å². The molecule has 1 aromatic heterocycles. The molecule has 29 heavy (non-hydrogen) atoms. The highest BCUT2D eigenvalue weighted by atomic mass is 35.5. The molecule has 0 atom stereocenters. The van der Waals surface area contributed by atoms with E-state index in [1.54, 1.807) is 0 Å². The molecule has 0 spiro atoms. The molecule has 0 radical (unpaired) electrons. The van der Waals surface area contributed by atoms with Crippen LogP contribution in [0.15, 0.2) is 84.9 Å². The van der Waals surface area contributed by atoms with Gasteiger partial charge in [0.2, 0.25) is 0 Å². The molecule has 140 valence electrons. The highest BCUT2D eigenvalue weighted by Gasteiger charge is 2.37. The summed E-state index contributed by atoms with van der Waals surface area (Å²) in [7, 11) is 0. The van der Waals surface area contributed by atoms with Crippen LogP contribution in [0.5, 0.6) is 0 Å². The average Bonchev–Trinajstić information content (AvgIpc) is 3.18. The Morgan fingerprint density at radius 2 is 1.34 bits per heavy atom. The minimum absolute atomic E-state index is 0.0790. The molecule has 1 nitrogen and oxygen atoms in total. The van der Waals surface area contributed by atoms with E-state index >= 15 is 0 Å². The first kappa shape index (κ1) is 16.9. The molecule has 0 saturated carbocycles. The lowest BCUT2D eigenvalue weighted by molar-refractivity contribution is 0.660. The van der Waals surface area contributed by atoms with Crippen molar-refractivity contribution in [2.45, 2.75) is 19.3 Å². The third-order valence-electron chi connectivity index (χ3n) is 6.46. The Bertz CT molecular complexity index is 1380. The number of para-hydroxylation sites is 2. The second-order valence-corrected chi connectivity index (χ2v) is 8.82. The maximum atomic E-state index is 6.38. The predicted molar refractivity (Wildman–Crippen MR) is 123 cm³/mol. The number of aromatic nitrogens is 1. The van der Waals surface area contributed by atoms with Crippen LogP contribution in [0.2, 0.25) is 5.02 Å². The van der Waals surface area contributed by atoms with Crippen molar-refractivity contribution in [3.63, 3.8) is 0 Å². The number of halogens is 1. The third kappa shape index (κ3) is 2.17. The molecular weight excluding hydrogens is 374 g/mol. The van der Waals surface area contributed by atoms with Gasteiger partial charge in [0.1, 0.15) is 0 Å². The van der Waals surface area contributed by atoms with Crippen molar-refractivity contribution in [1.29, 1.82) is 0 Å². The molecule has 0 aliphatic heterocycles. The molecule has 0 bridgehead atoms. The van der Waals surface area contributed by atoms with Gasteiger partial charge in [-0.05, 0) is 47.0 Å². The smallest absolute Gasteiger partial charge is 0.0543 e. The Morgan fingerprint density at radius 1 is 0.690 bits per heavy atom. The van der Waals surface area contributed by atoms with E-state index < -0.39 is 0 Å². The number of rotatable bonds is 1. The van der Waals surface area contributed by atoms with Gasteiger partial charge in [-0.1, -0.05) is 80.0 Å². The second kappa shape index (κ2) is 5.75. The number of fused-ring (bicyclic) bond motifs is 6. The van der Waals surface area contributed by atoms with Gasteiger partial charge in [0.25, 0.3) is 0 Å². The first-order valence-electron chi connectivity index (χ1n) is 10.00. The first-order valence-corrected chi connectivity index (χ1v) is 10.4. The predicted octanol–water partition coefficient (Wildman–Crippen LogP) is 7.74. The first-order chi connectivity index (χ1) is 14.1. The fourth-order valence-electron chi connectivity index (χ4n) is 5.11. The lowest BCUT2D eigenvalue weighted by Gasteiger charge is -2.22. The van der Waals surface area contributed by atoms with E-state index in [1.807, 2.05) is 6.07 Å². The average molecular weight is 394 g/mol. The molecule has 6 rings (SSSR count). The van der Waals surface area contributed by atoms with Crippen LogP contribution >= 0.6 is 11.6 Å². The summed E-state index contributed by atoms with van der Waals surface area (Å²) in [4.78, 5) is 0. The monoisotopic (exact) mass is 393 g/mol. The van der Waals surface area contributed by atoms with E-state index in [2.05, 4.69) is 97.3 Å². The Morgan fingerprint density at radius 3 is 2.03 bits per heavy atom. The van der Waals surface area contributed by atoms with Crippen LogP contribution in [0, 0.1) is 0 Å². The van der Waals surface area contributed by atoms with Crippen LogP contribution in [-0.2, 0) is 5.41 Å². The van der Waals surface area contributed by atoms with E-state index in [4.69, 9.17) is 11.6 Å². The number of hydrogen-bond acceptors (Lipinski definition) is 0. The summed E-state index contributed by atoms with van der Waals surface area (Å²) in [5.41, 5.74) is 8.88. The molecule has 1 aliphatic rings. The van der Waals surface area contributed by atoms with Crippen molar-refractivity contribution < 1.29 is 0 Å². The quantitative estimate of drug-likeness (QED) is 0.274. The van der Waals surface area contributed by atoms with Crippen molar-refractivity contribution in [2.75, 3.05) is 0 Å². The van der Waals surface area contributed by atoms with Gasteiger partial charge in [-0.25, -0.2) is 0 Å². The van der Waals surface area contributed by atoms with E-state index in [-0.39, 0.29) is 5.41 Å². The minimum atomic E-state index is -0.0790. The van der Waals surface area contributed by atoms with Crippen LogP contribution in [0.3, 0.4) is 0 Å². The number of benzene rings is 4. The van der Waals surface area contributed by atoms with Crippen molar-refractivity contribution in [2.24, 2.45) is 0 Å². The summed E-state index contributed by atoms with van der Waals surface area (Å²) in [6, 6.07) is 30.4. The van der Waals surface area contributed by atoms with Crippen molar-refractivity contribution in [3.8, 4) is 16.8 Å². The molecule has 1 heterocycles. The summed E-state index contributed by atoms with van der Waals surface area (Å²) < 4.78 is 2.42. The second-order valence-electron chi connectivity index (χ2n) is 8.38. The molecular formula is C27H20ClN. The molecule has 2 heteroatoms. The SMILES string of the molecule is CC1(C)c2cc(Cl)ccc2-c2c(-n3c4ccccc4c4ccccc43)cccc21. The highest BCUT2D eigenvalue weighted by Crippen LogP contribution is 2.52. The lowest BCUT2D eigenvalue weighted by Crippen LogP contribution is -2.15. The zero-order valence-electron chi connectivity index (χ0n) is 16.4. The lowest BCUT2D eigenvalue weighted by atomic mass is 9.82. The summed E-state index contributed by atoms with van der Waals surface area (Å²) in [6.07, 6.45) is 0. The zero-order valence-corrected chi connectivity index (χ0v) is 17.2. The summed E-state index contributed by atoms with van der Waals surface area (Å²) >= 11 is 6.38. The normalized spacial score (nSPS) is 14.3. The highest BCUT2D eigenvalue weighted by molar-refractivity contribution is 6.30. The van der Waals surface area contributed by atoms with E-state index in [1.165, 1.54) is 49.7 Å². The number of hydrogen-bond donors (Lipinski definition) is 0. The molecule has 0 unspecified atom stereocenters. The van der Waals surface area contributed by atoms with Gasteiger partial charge in [-0.3, -0.25) is 0 Å². The minimum Gasteiger partial charge on any atom is -0.309 e. The van der Waals surface area contributed by atoms with Gasteiger partial charge in [-0.2, -0.15) is 0 Å². The van der Waals surface area contributed by atoms with Gasteiger partial charge >= 0.3 is 0 Å².